The zero-order valence-electron chi connectivity index (χ0n) is 12.2. The first-order chi connectivity index (χ1) is 9.28. The van der Waals surface area contributed by atoms with Crippen LogP contribution in [-0.2, 0) is 0 Å². The van der Waals surface area contributed by atoms with Crippen LogP contribution in [0.3, 0.4) is 0 Å². The minimum atomic E-state index is -2.34. The topological polar surface area (TPSA) is 114 Å². The molecule has 0 aromatic rings. The average Bonchev–Trinajstić information content (AvgIpc) is 2.32. The molecule has 0 amide bonds. The summed E-state index contributed by atoms with van der Waals surface area (Å²) in [5.74, 6) is 0. The normalized spacial score (nSPS) is 18.2. The molecule has 0 aliphatic carbocycles. The number of oxime groups is 2. The Balaban J connectivity index is 5.04. The molecule has 17 heavy (non-hydrogen) atoms. The molecule has 0 aromatic heterocycles. The second-order valence-electron chi connectivity index (χ2n) is 2.60. The van der Waals surface area contributed by atoms with Gasteiger partial charge in [0.25, 0.3) is 0 Å². The van der Waals surface area contributed by atoms with Crippen LogP contribution in [0, 0.1) is 0 Å². The molecule has 8 nitrogen and oxygen atoms in total. The van der Waals surface area contributed by atoms with Crippen molar-refractivity contribution in [3.05, 3.63) is 0 Å². The van der Waals surface area contributed by atoms with Crippen LogP contribution in [0.2, 0.25) is 0 Å². The number of nitrogens with one attached hydrogen (secondary N) is 1. The Labute approximate surface area is 107 Å². The van der Waals surface area contributed by atoms with E-state index >= 15 is 0 Å². The van der Waals surface area contributed by atoms with Crippen molar-refractivity contribution in [2.75, 3.05) is 6.18 Å². The molecule has 0 fully saturated rings. The van der Waals surface area contributed by atoms with E-state index in [0.29, 0.717) is 17.5 Å². The lowest BCUT2D eigenvalue weighted by atomic mass is 10.5. The lowest BCUT2D eigenvalue weighted by molar-refractivity contribution is 0.322. The van der Waals surface area contributed by atoms with Crippen LogP contribution in [0.15, 0.2) is 25.6 Å². The van der Waals surface area contributed by atoms with Gasteiger partial charge in [0.2, 0.25) is 5.17 Å². The van der Waals surface area contributed by atoms with Gasteiger partial charge in [-0.05, 0) is 20.0 Å². The van der Waals surface area contributed by atoms with E-state index in [9.17, 15) is 0 Å². The molecule has 0 rings (SSSR count). The van der Waals surface area contributed by atoms with Crippen molar-refractivity contribution in [2.24, 2.45) is 25.6 Å². The van der Waals surface area contributed by atoms with Crippen LogP contribution < -0.4 is 5.43 Å². The summed E-state index contributed by atoms with van der Waals surface area (Å²) in [4.78, 5) is 0. The summed E-state index contributed by atoms with van der Waals surface area (Å²) in [5, 5.41) is 33.0. The summed E-state index contributed by atoms with van der Waals surface area (Å²) in [7, 11) is 0. The molecule has 0 aromatic carbocycles. The summed E-state index contributed by atoms with van der Waals surface area (Å²) in [6, 6.07) is 0. The van der Waals surface area contributed by atoms with E-state index in [1.54, 1.807) is 0 Å². The second-order valence-corrected chi connectivity index (χ2v) is 3.19. The maximum absolute atomic E-state index is 8.30. The van der Waals surface area contributed by atoms with Crippen LogP contribution in [0.4, 0.5) is 0 Å². The van der Waals surface area contributed by atoms with Crippen molar-refractivity contribution < 1.29 is 14.5 Å². The SMILES string of the molecule is [2H]C([2H])([2H])S\C(=N/N=C(C)/C=N/O)N/N=C(C)/C=N/O. The van der Waals surface area contributed by atoms with E-state index in [1.807, 2.05) is 0 Å². The lowest BCUT2D eigenvalue weighted by Crippen LogP contribution is -2.15. The molecule has 0 aliphatic heterocycles. The van der Waals surface area contributed by atoms with Crippen molar-refractivity contribution in [2.45, 2.75) is 13.8 Å². The number of amidine groups is 1. The highest BCUT2D eigenvalue weighted by Gasteiger charge is 1.94. The van der Waals surface area contributed by atoms with Gasteiger partial charge in [-0.2, -0.15) is 10.2 Å². The molecule has 0 spiro atoms. The molecule has 9 heteroatoms. The monoisotopic (exact) mass is 261 g/mol. The Morgan fingerprint density at radius 1 is 1.18 bits per heavy atom. The summed E-state index contributed by atoms with van der Waals surface area (Å²) in [5.41, 5.74) is 2.94. The fourth-order valence-corrected chi connectivity index (χ4v) is 0.721. The van der Waals surface area contributed by atoms with E-state index in [2.05, 4.69) is 31.0 Å². The number of thioether (sulfide) groups is 1. The highest BCUT2D eigenvalue weighted by molar-refractivity contribution is 8.13. The van der Waals surface area contributed by atoms with Crippen molar-refractivity contribution in [1.82, 2.24) is 5.43 Å². The third-order valence-corrected chi connectivity index (χ3v) is 1.58. The van der Waals surface area contributed by atoms with Crippen LogP contribution >= 0.6 is 11.8 Å². The van der Waals surface area contributed by atoms with Crippen LogP contribution in [-0.4, -0.2) is 45.6 Å². The molecule has 0 heterocycles. The quantitative estimate of drug-likeness (QED) is 0.302. The Morgan fingerprint density at radius 3 is 2.41 bits per heavy atom. The van der Waals surface area contributed by atoms with Crippen molar-refractivity contribution in [1.29, 1.82) is 0 Å². The minimum absolute atomic E-state index is 0.0959. The fraction of sp³-hybridized carbons (Fsp3) is 0.375. The standard InChI is InChI=1S/C8H14N6O2S/c1-6(4-9-15)11-13-8(17-3)14-12-7(2)5-10-16/h4-5,15-16H,1-3H3,(H,13,14)/b9-4+,10-5+,11-6+,12-7+/i3D3. The molecule has 0 atom stereocenters. The molecular formula is C8H14N6O2S. The first-order valence-electron chi connectivity index (χ1n) is 5.75. The lowest BCUT2D eigenvalue weighted by Gasteiger charge is -1.99. The molecule has 0 radical (unpaired) electrons. The van der Waals surface area contributed by atoms with Crippen LogP contribution in [0.25, 0.3) is 0 Å². The molecule has 0 bridgehead atoms. The van der Waals surface area contributed by atoms with E-state index in [-0.39, 0.29) is 10.9 Å². The second kappa shape index (κ2) is 9.33. The van der Waals surface area contributed by atoms with E-state index in [4.69, 9.17) is 14.5 Å². The Hall–Kier alpha value is -1.90. The molecule has 0 unspecified atom stereocenters. The number of hydrogen-bond acceptors (Lipinski definition) is 8. The van der Waals surface area contributed by atoms with Crippen LogP contribution in [0.1, 0.15) is 18.0 Å². The first kappa shape index (κ1) is 10.3. The van der Waals surface area contributed by atoms with Gasteiger partial charge in [-0.15, -0.1) is 5.10 Å². The highest BCUT2D eigenvalue weighted by atomic mass is 32.2. The van der Waals surface area contributed by atoms with E-state index in [0.717, 1.165) is 12.4 Å². The van der Waals surface area contributed by atoms with Crippen molar-refractivity contribution >= 4 is 40.8 Å². The molecular weight excluding hydrogens is 244 g/mol. The summed E-state index contributed by atoms with van der Waals surface area (Å²) in [6.07, 6.45) is -0.250. The summed E-state index contributed by atoms with van der Waals surface area (Å²) >= 11 is 0.433. The van der Waals surface area contributed by atoms with Crippen molar-refractivity contribution in [3.8, 4) is 0 Å². The van der Waals surface area contributed by atoms with Gasteiger partial charge in [0.05, 0.1) is 23.9 Å². The highest BCUT2D eigenvalue weighted by Crippen LogP contribution is 1.95. The molecule has 0 aliphatic rings. The van der Waals surface area contributed by atoms with Crippen molar-refractivity contribution in [3.63, 3.8) is 0 Å². The largest absolute Gasteiger partial charge is 0.411 e. The Kier molecular flexibility index (Phi) is 5.64. The number of nitrogens with zero attached hydrogens (tertiary/aromatic N) is 5. The van der Waals surface area contributed by atoms with Crippen LogP contribution in [0.5, 0.6) is 0 Å². The number of rotatable bonds is 4. The number of hydrogen-bond donors (Lipinski definition) is 3. The third kappa shape index (κ3) is 7.96. The molecule has 0 saturated carbocycles. The van der Waals surface area contributed by atoms with Gasteiger partial charge in [0.15, 0.2) is 0 Å². The molecule has 3 N–H and O–H groups in total. The van der Waals surface area contributed by atoms with Gasteiger partial charge >= 0.3 is 0 Å². The fourth-order valence-electron chi connectivity index (χ4n) is 0.548. The maximum atomic E-state index is 8.30. The number of hydrazone groups is 1. The van der Waals surface area contributed by atoms with Gasteiger partial charge in [-0.25, -0.2) is 0 Å². The van der Waals surface area contributed by atoms with Gasteiger partial charge in [0, 0.05) is 4.11 Å². The Morgan fingerprint density at radius 2 is 1.82 bits per heavy atom. The Bertz CT molecular complexity index is 458. The molecule has 94 valence electrons. The minimum Gasteiger partial charge on any atom is -0.411 e. The smallest absolute Gasteiger partial charge is 0.203 e. The van der Waals surface area contributed by atoms with Gasteiger partial charge in [-0.3, -0.25) is 5.43 Å². The predicted molar refractivity (Wildman–Crippen MR) is 70.9 cm³/mol. The summed E-state index contributed by atoms with van der Waals surface area (Å²) < 4.78 is 21.4. The zero-order chi connectivity index (χ0) is 15.6. The molecule has 0 saturated heterocycles. The predicted octanol–water partition coefficient (Wildman–Crippen LogP) is 0.967. The third-order valence-electron chi connectivity index (χ3n) is 1.21. The maximum Gasteiger partial charge on any atom is 0.203 e. The van der Waals surface area contributed by atoms with Gasteiger partial charge in [0.1, 0.15) is 0 Å². The van der Waals surface area contributed by atoms with E-state index < -0.39 is 6.18 Å². The summed E-state index contributed by atoms with van der Waals surface area (Å²) in [6.45, 7) is 3.03. The zero-order valence-corrected chi connectivity index (χ0v) is 10.0. The average molecular weight is 261 g/mol. The van der Waals surface area contributed by atoms with Gasteiger partial charge in [-0.1, -0.05) is 22.1 Å². The van der Waals surface area contributed by atoms with E-state index in [1.165, 1.54) is 13.8 Å². The first-order valence-corrected chi connectivity index (χ1v) is 5.06. The van der Waals surface area contributed by atoms with Gasteiger partial charge < -0.3 is 10.4 Å².